The molecule has 148 valence electrons. The number of amides is 1. The minimum Gasteiger partial charge on any atom is -0.343 e. The molecule has 0 unspecified atom stereocenters. The maximum atomic E-state index is 12.3. The molecule has 1 aromatic carbocycles. The number of benzene rings is 1. The van der Waals surface area contributed by atoms with Gasteiger partial charge in [-0.15, -0.1) is 0 Å². The van der Waals surface area contributed by atoms with Crippen molar-refractivity contribution in [2.45, 2.75) is 37.9 Å². The van der Waals surface area contributed by atoms with Crippen molar-refractivity contribution in [3.05, 3.63) is 29.8 Å². The van der Waals surface area contributed by atoms with Crippen LogP contribution in [0.15, 0.2) is 29.2 Å². The molecule has 1 rings (SSSR count). The van der Waals surface area contributed by atoms with Gasteiger partial charge < -0.3 is 5.32 Å². The molecule has 0 spiro atoms. The van der Waals surface area contributed by atoms with Crippen LogP contribution in [0.1, 0.15) is 31.1 Å². The second kappa shape index (κ2) is 9.33. The van der Waals surface area contributed by atoms with Gasteiger partial charge in [-0.3, -0.25) is 9.69 Å². The standard InChI is InChI=1S/C16H24F3N3O3S/c1-4-22(5-2)12(3)10-21-26(24,25)14-8-6-13(7-9-14)15(23)20-11-16(17,18)19/h6-9,12,21H,4-5,10-11H2,1-3H3,(H,20,23)/t12-/m0/s1. The Morgan fingerprint density at radius 2 is 1.69 bits per heavy atom. The van der Waals surface area contributed by atoms with Crippen molar-refractivity contribution in [1.82, 2.24) is 14.9 Å². The molecule has 2 N–H and O–H groups in total. The average Bonchev–Trinajstić information content (AvgIpc) is 2.58. The summed E-state index contributed by atoms with van der Waals surface area (Å²) in [7, 11) is -3.77. The van der Waals surface area contributed by atoms with Gasteiger partial charge in [-0.2, -0.15) is 13.2 Å². The normalized spacial score (nSPS) is 13.7. The number of sulfonamides is 1. The fourth-order valence-electron chi connectivity index (χ4n) is 2.36. The van der Waals surface area contributed by atoms with Gasteiger partial charge in [0.05, 0.1) is 4.90 Å². The first-order valence-corrected chi connectivity index (χ1v) is 9.67. The Bertz CT molecular complexity index is 687. The molecule has 0 radical (unpaired) electrons. The van der Waals surface area contributed by atoms with Crippen molar-refractivity contribution in [3.8, 4) is 0 Å². The number of nitrogens with one attached hydrogen (secondary N) is 2. The van der Waals surface area contributed by atoms with Crippen LogP contribution >= 0.6 is 0 Å². The van der Waals surface area contributed by atoms with Crippen LogP contribution in [-0.2, 0) is 10.0 Å². The molecule has 0 aliphatic heterocycles. The van der Waals surface area contributed by atoms with Crippen LogP contribution < -0.4 is 10.0 Å². The lowest BCUT2D eigenvalue weighted by atomic mass is 10.2. The molecule has 0 aliphatic carbocycles. The summed E-state index contributed by atoms with van der Waals surface area (Å²) in [5.41, 5.74) is -0.0512. The zero-order chi connectivity index (χ0) is 20.0. The minimum atomic E-state index is -4.51. The second-order valence-electron chi connectivity index (χ2n) is 5.74. The van der Waals surface area contributed by atoms with Gasteiger partial charge in [0.1, 0.15) is 6.54 Å². The topological polar surface area (TPSA) is 78.5 Å². The van der Waals surface area contributed by atoms with Crippen LogP contribution in [0.2, 0.25) is 0 Å². The molecule has 0 aromatic heterocycles. The highest BCUT2D eigenvalue weighted by molar-refractivity contribution is 7.89. The maximum absolute atomic E-state index is 12.3. The Labute approximate surface area is 151 Å². The van der Waals surface area contributed by atoms with Crippen molar-refractivity contribution in [1.29, 1.82) is 0 Å². The van der Waals surface area contributed by atoms with Crippen LogP contribution in [0, 0.1) is 0 Å². The highest BCUT2D eigenvalue weighted by Crippen LogP contribution is 2.14. The summed E-state index contributed by atoms with van der Waals surface area (Å²) in [6, 6.07) is 4.73. The molecular formula is C16H24F3N3O3S. The highest BCUT2D eigenvalue weighted by Gasteiger charge is 2.28. The van der Waals surface area contributed by atoms with E-state index in [9.17, 15) is 26.4 Å². The lowest BCUT2D eigenvalue weighted by Gasteiger charge is -2.26. The highest BCUT2D eigenvalue weighted by atomic mass is 32.2. The Hall–Kier alpha value is -1.65. The smallest absolute Gasteiger partial charge is 0.343 e. The van der Waals surface area contributed by atoms with Crippen LogP contribution in [0.4, 0.5) is 13.2 Å². The summed E-state index contributed by atoms with van der Waals surface area (Å²) in [6.45, 7) is 6.23. The molecule has 0 fully saturated rings. The number of alkyl halides is 3. The third-order valence-electron chi connectivity index (χ3n) is 3.88. The van der Waals surface area contributed by atoms with Crippen molar-refractivity contribution < 1.29 is 26.4 Å². The SMILES string of the molecule is CCN(CC)[C@@H](C)CNS(=O)(=O)c1ccc(C(=O)NCC(F)(F)F)cc1. The summed E-state index contributed by atoms with van der Waals surface area (Å²) in [6.07, 6.45) is -4.51. The maximum Gasteiger partial charge on any atom is 0.405 e. The van der Waals surface area contributed by atoms with E-state index >= 15 is 0 Å². The van der Waals surface area contributed by atoms with Crippen LogP contribution in [-0.4, -0.2) is 57.6 Å². The van der Waals surface area contributed by atoms with E-state index in [1.807, 2.05) is 20.8 Å². The fourth-order valence-corrected chi connectivity index (χ4v) is 3.48. The van der Waals surface area contributed by atoms with Crippen molar-refractivity contribution >= 4 is 15.9 Å². The molecular weight excluding hydrogens is 371 g/mol. The number of hydrogen-bond acceptors (Lipinski definition) is 4. The van der Waals surface area contributed by atoms with E-state index in [1.165, 1.54) is 24.3 Å². The predicted molar refractivity (Wildman–Crippen MR) is 92.4 cm³/mol. The molecule has 1 amide bonds. The van der Waals surface area contributed by atoms with Gasteiger partial charge in [0, 0.05) is 18.2 Å². The first-order valence-electron chi connectivity index (χ1n) is 8.19. The van der Waals surface area contributed by atoms with Crippen molar-refractivity contribution in [3.63, 3.8) is 0 Å². The van der Waals surface area contributed by atoms with Gasteiger partial charge in [-0.1, -0.05) is 13.8 Å². The summed E-state index contributed by atoms with van der Waals surface area (Å²) in [4.78, 5) is 13.7. The molecule has 1 aromatic rings. The Morgan fingerprint density at radius 3 is 2.15 bits per heavy atom. The van der Waals surface area contributed by atoms with Gasteiger partial charge in [0.25, 0.3) is 5.91 Å². The lowest BCUT2D eigenvalue weighted by Crippen LogP contribution is -2.41. The molecule has 6 nitrogen and oxygen atoms in total. The first kappa shape index (κ1) is 22.4. The van der Waals surface area contributed by atoms with Crippen molar-refractivity contribution in [2.75, 3.05) is 26.2 Å². The van der Waals surface area contributed by atoms with E-state index in [1.54, 1.807) is 5.32 Å². The van der Waals surface area contributed by atoms with E-state index < -0.39 is 28.7 Å². The van der Waals surface area contributed by atoms with Crippen LogP contribution in [0.3, 0.4) is 0 Å². The number of nitrogens with zero attached hydrogens (tertiary/aromatic N) is 1. The molecule has 26 heavy (non-hydrogen) atoms. The summed E-state index contributed by atoms with van der Waals surface area (Å²) >= 11 is 0. The predicted octanol–water partition coefficient (Wildman–Crippen LogP) is 1.99. The van der Waals surface area contributed by atoms with E-state index in [4.69, 9.17) is 0 Å². The van der Waals surface area contributed by atoms with Gasteiger partial charge >= 0.3 is 6.18 Å². The van der Waals surface area contributed by atoms with Gasteiger partial charge in [0.2, 0.25) is 10.0 Å². The van der Waals surface area contributed by atoms with E-state index in [2.05, 4.69) is 9.62 Å². The molecule has 0 saturated heterocycles. The van der Waals surface area contributed by atoms with E-state index in [0.29, 0.717) is 0 Å². The zero-order valence-electron chi connectivity index (χ0n) is 14.9. The lowest BCUT2D eigenvalue weighted by molar-refractivity contribution is -0.123. The number of carbonyl (C=O) groups is 1. The summed E-state index contributed by atoms with van der Waals surface area (Å²) < 4.78 is 63.4. The Balaban J connectivity index is 2.73. The van der Waals surface area contributed by atoms with Gasteiger partial charge in [-0.25, -0.2) is 13.1 Å². The van der Waals surface area contributed by atoms with E-state index in [-0.39, 0.29) is 23.0 Å². The zero-order valence-corrected chi connectivity index (χ0v) is 15.7. The molecule has 0 aliphatic rings. The molecule has 1 atom stereocenters. The molecule has 0 bridgehead atoms. The number of hydrogen-bond donors (Lipinski definition) is 2. The third-order valence-corrected chi connectivity index (χ3v) is 5.32. The average molecular weight is 395 g/mol. The molecule has 10 heteroatoms. The number of rotatable bonds is 9. The largest absolute Gasteiger partial charge is 0.405 e. The monoisotopic (exact) mass is 395 g/mol. The number of likely N-dealkylation sites (N-methyl/N-ethyl adjacent to an activating group) is 1. The summed E-state index contributed by atoms with van der Waals surface area (Å²) in [5, 5.41) is 1.73. The quantitative estimate of drug-likeness (QED) is 0.670. The second-order valence-corrected chi connectivity index (χ2v) is 7.51. The van der Waals surface area contributed by atoms with Gasteiger partial charge in [-0.05, 0) is 44.3 Å². The summed E-state index contributed by atoms with van der Waals surface area (Å²) in [5.74, 6) is -0.922. The van der Waals surface area contributed by atoms with Crippen molar-refractivity contribution in [2.24, 2.45) is 0 Å². The fraction of sp³-hybridized carbons (Fsp3) is 0.562. The van der Waals surface area contributed by atoms with Crippen LogP contribution in [0.5, 0.6) is 0 Å². The Morgan fingerprint density at radius 1 is 1.15 bits per heavy atom. The number of carbonyl (C=O) groups excluding carboxylic acids is 1. The third kappa shape index (κ3) is 6.93. The van der Waals surface area contributed by atoms with Crippen LogP contribution in [0.25, 0.3) is 0 Å². The Kier molecular flexibility index (Phi) is 8.04. The first-order chi connectivity index (χ1) is 12.0. The number of halogens is 3. The van der Waals surface area contributed by atoms with Gasteiger partial charge in [0.15, 0.2) is 0 Å². The van der Waals surface area contributed by atoms with E-state index in [0.717, 1.165) is 13.1 Å². The molecule has 0 saturated carbocycles. The molecule has 0 heterocycles. The minimum absolute atomic E-state index is 0.00666.